The lowest BCUT2D eigenvalue weighted by Gasteiger charge is -2.10. The summed E-state index contributed by atoms with van der Waals surface area (Å²) in [6.07, 6.45) is 1.51. The van der Waals surface area contributed by atoms with Gasteiger partial charge in [-0.05, 0) is 13.8 Å². The molecule has 1 aromatic rings. The maximum atomic E-state index is 11.6. The van der Waals surface area contributed by atoms with Crippen molar-refractivity contribution in [1.82, 2.24) is 9.71 Å². The molecular weight excluding hydrogens is 250 g/mol. The van der Waals surface area contributed by atoms with Gasteiger partial charge in [-0.25, -0.2) is 18.1 Å². The predicted molar refractivity (Wildman–Crippen MR) is 63.2 cm³/mol. The Morgan fingerprint density at radius 1 is 1.75 bits per heavy atom. The molecule has 1 unspecified atom stereocenters. The number of oxazole rings is 1. The highest BCUT2D eigenvalue weighted by atomic mass is 32.2. The second-order valence-electron chi connectivity index (χ2n) is 3.28. The van der Waals surface area contributed by atoms with Gasteiger partial charge in [-0.2, -0.15) is 0 Å². The minimum atomic E-state index is -3.56. The Balaban J connectivity index is 2.65. The monoisotopic (exact) mass is 263 g/mol. The van der Waals surface area contributed by atoms with Crippen molar-refractivity contribution < 1.29 is 12.8 Å². The maximum absolute atomic E-state index is 11.6. The van der Waals surface area contributed by atoms with Crippen LogP contribution in [0.15, 0.2) is 10.6 Å². The van der Waals surface area contributed by atoms with E-state index in [-0.39, 0.29) is 11.5 Å². The van der Waals surface area contributed by atoms with Gasteiger partial charge in [0.15, 0.2) is 0 Å². The minimum absolute atomic E-state index is 0.0108. The topological polar surface area (TPSA) is 98.2 Å². The lowest BCUT2D eigenvalue weighted by atomic mass is 10.5. The molecule has 0 fully saturated rings. The average Bonchev–Trinajstić information content (AvgIpc) is 2.60. The number of nitrogens with zero attached hydrogens (tertiary/aromatic N) is 1. The highest BCUT2D eigenvalue weighted by molar-refractivity contribution is 7.93. The maximum Gasteiger partial charge on any atom is 0.221 e. The normalized spacial score (nSPS) is 13.6. The Morgan fingerprint density at radius 2 is 2.38 bits per heavy atom. The molecule has 0 aromatic carbocycles. The summed E-state index contributed by atoms with van der Waals surface area (Å²) in [7, 11) is -3.56. The van der Waals surface area contributed by atoms with Gasteiger partial charge in [-0.3, -0.25) is 0 Å². The summed E-state index contributed by atoms with van der Waals surface area (Å²) < 4.78 is 30.6. The van der Waals surface area contributed by atoms with Crippen LogP contribution in [0, 0.1) is 6.92 Å². The molecule has 6 nitrogen and oxygen atoms in total. The van der Waals surface area contributed by atoms with Crippen molar-refractivity contribution >= 4 is 27.2 Å². The minimum Gasteiger partial charge on any atom is -0.445 e. The fraction of sp³-hybridized carbons (Fsp3) is 0.500. The van der Waals surface area contributed by atoms with E-state index in [1.54, 1.807) is 6.92 Å². The molecule has 1 atom stereocenters. The molecule has 0 aliphatic rings. The Hall–Kier alpha value is -0.990. The SMILES string of the molecule is Cc1cnc(CNS(=O)(=O)C(C)C(N)=S)o1. The lowest BCUT2D eigenvalue weighted by molar-refractivity contribution is 0.463. The first-order chi connectivity index (χ1) is 7.33. The Labute approximate surface area is 99.3 Å². The first-order valence-electron chi connectivity index (χ1n) is 4.52. The van der Waals surface area contributed by atoms with Gasteiger partial charge in [0.05, 0.1) is 17.7 Å². The van der Waals surface area contributed by atoms with Gasteiger partial charge in [-0.1, -0.05) is 12.2 Å². The van der Waals surface area contributed by atoms with E-state index in [0.29, 0.717) is 11.7 Å². The molecule has 16 heavy (non-hydrogen) atoms. The number of aromatic nitrogens is 1. The van der Waals surface area contributed by atoms with Crippen LogP contribution < -0.4 is 10.5 Å². The molecule has 90 valence electrons. The second kappa shape index (κ2) is 4.89. The smallest absolute Gasteiger partial charge is 0.221 e. The summed E-state index contributed by atoms with van der Waals surface area (Å²) in [5, 5.41) is -0.918. The van der Waals surface area contributed by atoms with Crippen LogP contribution in [0.3, 0.4) is 0 Å². The molecular formula is C8H13N3O3S2. The fourth-order valence-corrected chi connectivity index (χ4v) is 2.18. The first-order valence-corrected chi connectivity index (χ1v) is 6.47. The Kier molecular flexibility index (Phi) is 4.00. The summed E-state index contributed by atoms with van der Waals surface area (Å²) in [6.45, 7) is 3.14. The van der Waals surface area contributed by atoms with Crippen LogP contribution in [0.4, 0.5) is 0 Å². The van der Waals surface area contributed by atoms with Crippen molar-refractivity contribution in [2.45, 2.75) is 25.6 Å². The van der Waals surface area contributed by atoms with Gasteiger partial charge in [-0.15, -0.1) is 0 Å². The average molecular weight is 263 g/mol. The quantitative estimate of drug-likeness (QED) is 0.730. The number of sulfonamides is 1. The van der Waals surface area contributed by atoms with Crippen LogP contribution in [-0.4, -0.2) is 23.6 Å². The first kappa shape index (κ1) is 13.1. The molecule has 0 bridgehead atoms. The number of hydrogen-bond acceptors (Lipinski definition) is 5. The number of hydrogen-bond donors (Lipinski definition) is 2. The zero-order chi connectivity index (χ0) is 12.3. The van der Waals surface area contributed by atoms with Crippen molar-refractivity contribution in [3.63, 3.8) is 0 Å². The van der Waals surface area contributed by atoms with Crippen LogP contribution in [0.5, 0.6) is 0 Å². The van der Waals surface area contributed by atoms with Gasteiger partial charge in [0.1, 0.15) is 11.0 Å². The molecule has 0 saturated heterocycles. The molecule has 8 heteroatoms. The molecule has 0 aliphatic heterocycles. The van der Waals surface area contributed by atoms with Crippen molar-refractivity contribution in [2.24, 2.45) is 5.73 Å². The number of aryl methyl sites for hydroxylation is 1. The van der Waals surface area contributed by atoms with Crippen LogP contribution >= 0.6 is 12.2 Å². The molecule has 0 aliphatic carbocycles. The van der Waals surface area contributed by atoms with E-state index in [9.17, 15) is 8.42 Å². The van der Waals surface area contributed by atoms with Crippen molar-refractivity contribution in [1.29, 1.82) is 0 Å². The Bertz CT molecular complexity index is 480. The summed E-state index contributed by atoms with van der Waals surface area (Å²) in [4.78, 5) is 3.79. The Morgan fingerprint density at radius 3 is 2.81 bits per heavy atom. The van der Waals surface area contributed by atoms with Crippen LogP contribution in [0.25, 0.3) is 0 Å². The van der Waals surface area contributed by atoms with Gasteiger partial charge >= 0.3 is 0 Å². The molecule has 0 radical (unpaired) electrons. The molecule has 1 aromatic heterocycles. The van der Waals surface area contributed by atoms with E-state index in [2.05, 4.69) is 21.9 Å². The predicted octanol–water partition coefficient (Wildman–Crippen LogP) is 0.0770. The third-order valence-corrected chi connectivity index (χ3v) is 4.19. The van der Waals surface area contributed by atoms with Gasteiger partial charge in [0, 0.05) is 0 Å². The molecule has 0 spiro atoms. The lowest BCUT2D eigenvalue weighted by Crippen LogP contribution is -2.39. The van der Waals surface area contributed by atoms with Crippen molar-refractivity contribution in [2.75, 3.05) is 0 Å². The van der Waals surface area contributed by atoms with Crippen LogP contribution in [0.1, 0.15) is 18.6 Å². The van der Waals surface area contributed by atoms with E-state index < -0.39 is 15.3 Å². The van der Waals surface area contributed by atoms with E-state index in [1.165, 1.54) is 13.1 Å². The number of nitrogens with two attached hydrogens (primary N) is 1. The molecule has 0 saturated carbocycles. The standard InChI is InChI=1S/C8H13N3O3S2/c1-5-3-10-7(14-5)4-11-16(12,13)6(2)8(9)15/h3,6,11H,4H2,1-2H3,(H2,9,15). The molecule has 3 N–H and O–H groups in total. The zero-order valence-electron chi connectivity index (χ0n) is 8.93. The van der Waals surface area contributed by atoms with E-state index in [1.807, 2.05) is 0 Å². The third-order valence-electron chi connectivity index (χ3n) is 1.96. The van der Waals surface area contributed by atoms with Crippen LogP contribution in [-0.2, 0) is 16.6 Å². The second-order valence-corrected chi connectivity index (χ2v) is 5.83. The summed E-state index contributed by atoms with van der Waals surface area (Å²) in [5.74, 6) is 0.924. The summed E-state index contributed by atoms with van der Waals surface area (Å²) in [6, 6.07) is 0. The zero-order valence-corrected chi connectivity index (χ0v) is 10.6. The van der Waals surface area contributed by atoms with Gasteiger partial charge in [0.2, 0.25) is 15.9 Å². The van der Waals surface area contributed by atoms with E-state index >= 15 is 0 Å². The van der Waals surface area contributed by atoms with Crippen molar-refractivity contribution in [3.8, 4) is 0 Å². The fourth-order valence-electron chi connectivity index (χ4n) is 0.923. The number of thiocarbonyl (C=S) groups is 1. The molecule has 1 rings (SSSR count). The largest absolute Gasteiger partial charge is 0.445 e. The van der Waals surface area contributed by atoms with E-state index in [0.717, 1.165) is 0 Å². The molecule has 1 heterocycles. The molecule has 0 amide bonds. The highest BCUT2D eigenvalue weighted by Crippen LogP contribution is 2.04. The summed E-state index contributed by atoms with van der Waals surface area (Å²) in [5.41, 5.74) is 5.27. The van der Waals surface area contributed by atoms with Gasteiger partial charge in [0.25, 0.3) is 0 Å². The summed E-state index contributed by atoms with van der Waals surface area (Å²) >= 11 is 4.62. The van der Waals surface area contributed by atoms with Crippen LogP contribution in [0.2, 0.25) is 0 Å². The third kappa shape index (κ3) is 3.26. The number of rotatable bonds is 5. The highest BCUT2D eigenvalue weighted by Gasteiger charge is 2.23. The van der Waals surface area contributed by atoms with Gasteiger partial charge < -0.3 is 10.2 Å². The van der Waals surface area contributed by atoms with E-state index in [4.69, 9.17) is 10.2 Å². The van der Waals surface area contributed by atoms with Crippen molar-refractivity contribution in [3.05, 3.63) is 17.8 Å². The number of nitrogens with one attached hydrogen (secondary N) is 1.